The maximum Gasteiger partial charge on any atom is 0.0345 e. The minimum atomic E-state index is 0.365. The highest BCUT2D eigenvalue weighted by molar-refractivity contribution is 6.20. The lowest BCUT2D eigenvalue weighted by atomic mass is 10.2. The Kier molecular flexibility index (Phi) is 7.54. The molecule has 1 atom stereocenters. The van der Waals surface area contributed by atoms with Gasteiger partial charge in [0.1, 0.15) is 0 Å². The number of hydrogen-bond donors (Lipinski definition) is 1. The van der Waals surface area contributed by atoms with E-state index in [4.69, 9.17) is 11.6 Å². The Bertz CT molecular complexity index is 66.3. The van der Waals surface area contributed by atoms with E-state index < -0.39 is 0 Å². The molecule has 0 aromatic rings. The first-order valence-electron chi connectivity index (χ1n) is 4.16. The van der Waals surface area contributed by atoms with Gasteiger partial charge in [-0.3, -0.25) is 0 Å². The molecule has 0 aliphatic rings. The molecule has 0 rings (SSSR count). The molecule has 0 saturated carbocycles. The van der Waals surface area contributed by atoms with Crippen LogP contribution in [0.25, 0.3) is 0 Å². The van der Waals surface area contributed by atoms with Gasteiger partial charge in [-0.2, -0.15) is 0 Å². The fourth-order valence-corrected chi connectivity index (χ4v) is 0.874. The molecular weight excluding hydrogens is 146 g/mol. The molecule has 0 spiro atoms. The van der Waals surface area contributed by atoms with E-state index in [2.05, 4.69) is 19.2 Å². The van der Waals surface area contributed by atoms with E-state index in [1.807, 2.05) is 0 Å². The highest BCUT2D eigenvalue weighted by atomic mass is 35.5. The molecule has 0 bridgehead atoms. The van der Waals surface area contributed by atoms with Gasteiger partial charge in [0.15, 0.2) is 0 Å². The van der Waals surface area contributed by atoms with Crippen molar-refractivity contribution in [2.45, 2.75) is 38.5 Å². The average Bonchev–Trinajstić information content (AvgIpc) is 1.98. The van der Waals surface area contributed by atoms with Crippen LogP contribution in [-0.4, -0.2) is 18.5 Å². The Balaban J connectivity index is 2.89. The van der Waals surface area contributed by atoms with Crippen LogP contribution in [0.15, 0.2) is 0 Å². The molecule has 2 heteroatoms. The van der Waals surface area contributed by atoms with Crippen molar-refractivity contribution in [3.05, 3.63) is 0 Å². The third-order valence-electron chi connectivity index (χ3n) is 1.50. The summed E-state index contributed by atoms with van der Waals surface area (Å²) in [6, 6.07) is 0. The first kappa shape index (κ1) is 10.2. The number of halogens is 1. The van der Waals surface area contributed by atoms with Crippen LogP contribution in [0.3, 0.4) is 0 Å². The zero-order chi connectivity index (χ0) is 7.82. The summed E-state index contributed by atoms with van der Waals surface area (Å²) in [5.74, 6) is 0. The van der Waals surface area contributed by atoms with Crippen molar-refractivity contribution in [3.8, 4) is 0 Å². The van der Waals surface area contributed by atoms with Gasteiger partial charge in [0, 0.05) is 5.38 Å². The molecule has 0 saturated heterocycles. The van der Waals surface area contributed by atoms with Crippen molar-refractivity contribution >= 4 is 11.6 Å². The van der Waals surface area contributed by atoms with E-state index in [9.17, 15) is 0 Å². The average molecular weight is 164 g/mol. The summed E-state index contributed by atoms with van der Waals surface area (Å²) in [6.45, 7) is 6.48. The maximum atomic E-state index is 5.90. The van der Waals surface area contributed by atoms with Crippen molar-refractivity contribution in [3.63, 3.8) is 0 Å². The normalized spacial score (nSPS) is 13.5. The highest BCUT2D eigenvalue weighted by Crippen LogP contribution is 2.04. The Morgan fingerprint density at radius 1 is 1.30 bits per heavy atom. The molecule has 1 unspecified atom stereocenters. The fraction of sp³-hybridized carbons (Fsp3) is 1.00. The van der Waals surface area contributed by atoms with E-state index in [0.29, 0.717) is 5.38 Å². The van der Waals surface area contributed by atoms with Gasteiger partial charge in [0.2, 0.25) is 0 Å². The van der Waals surface area contributed by atoms with Crippen LogP contribution in [0.5, 0.6) is 0 Å². The van der Waals surface area contributed by atoms with E-state index >= 15 is 0 Å². The molecule has 0 heterocycles. The lowest BCUT2D eigenvalue weighted by Gasteiger charge is -2.05. The number of alkyl halides is 1. The van der Waals surface area contributed by atoms with Gasteiger partial charge >= 0.3 is 0 Å². The number of rotatable bonds is 6. The van der Waals surface area contributed by atoms with Crippen molar-refractivity contribution in [2.24, 2.45) is 0 Å². The maximum absolute atomic E-state index is 5.90. The molecule has 10 heavy (non-hydrogen) atoms. The van der Waals surface area contributed by atoms with Crippen LogP contribution < -0.4 is 5.32 Å². The largest absolute Gasteiger partial charge is 0.317 e. The van der Waals surface area contributed by atoms with Crippen molar-refractivity contribution in [1.82, 2.24) is 5.32 Å². The van der Waals surface area contributed by atoms with E-state index in [0.717, 1.165) is 25.9 Å². The molecule has 1 N–H and O–H groups in total. The molecular formula is C8H18ClN. The van der Waals surface area contributed by atoms with Gasteiger partial charge in [0.05, 0.1) is 0 Å². The minimum absolute atomic E-state index is 0.365. The van der Waals surface area contributed by atoms with Gasteiger partial charge in [-0.25, -0.2) is 0 Å². The molecule has 0 aromatic heterocycles. The van der Waals surface area contributed by atoms with Crippen LogP contribution >= 0.6 is 11.6 Å². The topological polar surface area (TPSA) is 12.0 Å². The Morgan fingerprint density at radius 3 is 2.50 bits per heavy atom. The lowest BCUT2D eigenvalue weighted by Crippen LogP contribution is -2.18. The second kappa shape index (κ2) is 7.36. The van der Waals surface area contributed by atoms with E-state index in [1.165, 1.54) is 6.42 Å². The zero-order valence-corrected chi connectivity index (χ0v) is 7.75. The summed E-state index contributed by atoms with van der Waals surface area (Å²) < 4.78 is 0. The first-order chi connectivity index (χ1) is 4.81. The van der Waals surface area contributed by atoms with Gasteiger partial charge in [-0.1, -0.05) is 13.8 Å². The second-order valence-corrected chi connectivity index (χ2v) is 3.16. The Labute approximate surface area is 69.1 Å². The molecule has 0 fully saturated rings. The monoisotopic (exact) mass is 163 g/mol. The quantitative estimate of drug-likeness (QED) is 0.469. The van der Waals surface area contributed by atoms with Crippen LogP contribution in [0.2, 0.25) is 0 Å². The minimum Gasteiger partial charge on any atom is -0.317 e. The smallest absolute Gasteiger partial charge is 0.0345 e. The number of hydrogen-bond acceptors (Lipinski definition) is 1. The van der Waals surface area contributed by atoms with Crippen LogP contribution in [0, 0.1) is 0 Å². The van der Waals surface area contributed by atoms with Crippen LogP contribution in [0.1, 0.15) is 33.1 Å². The van der Waals surface area contributed by atoms with Crippen molar-refractivity contribution in [1.29, 1.82) is 0 Å². The van der Waals surface area contributed by atoms with Gasteiger partial charge in [-0.05, 0) is 32.4 Å². The van der Waals surface area contributed by atoms with Crippen molar-refractivity contribution in [2.75, 3.05) is 13.1 Å². The van der Waals surface area contributed by atoms with E-state index in [-0.39, 0.29) is 0 Å². The van der Waals surface area contributed by atoms with Crippen LogP contribution in [0.4, 0.5) is 0 Å². The molecule has 0 radical (unpaired) electrons. The standard InChI is InChI=1S/C8H18ClN/c1-3-6-10-7-5-8(9)4-2/h8,10H,3-7H2,1-2H3. The lowest BCUT2D eigenvalue weighted by molar-refractivity contribution is 0.616. The molecule has 0 amide bonds. The predicted octanol–water partition coefficient (Wildman–Crippen LogP) is 2.39. The Morgan fingerprint density at radius 2 is 2.00 bits per heavy atom. The molecule has 0 aliphatic heterocycles. The van der Waals surface area contributed by atoms with Gasteiger partial charge in [0.25, 0.3) is 0 Å². The van der Waals surface area contributed by atoms with Gasteiger partial charge in [-0.15, -0.1) is 11.6 Å². The van der Waals surface area contributed by atoms with E-state index in [1.54, 1.807) is 0 Å². The molecule has 1 nitrogen and oxygen atoms in total. The van der Waals surface area contributed by atoms with Gasteiger partial charge < -0.3 is 5.32 Å². The summed E-state index contributed by atoms with van der Waals surface area (Å²) in [6.07, 6.45) is 3.38. The third-order valence-corrected chi connectivity index (χ3v) is 2.03. The van der Waals surface area contributed by atoms with Crippen LogP contribution in [-0.2, 0) is 0 Å². The predicted molar refractivity (Wildman–Crippen MR) is 47.7 cm³/mol. The van der Waals surface area contributed by atoms with Crippen molar-refractivity contribution < 1.29 is 0 Å². The Hall–Kier alpha value is 0.250. The third kappa shape index (κ3) is 6.37. The molecule has 0 aliphatic carbocycles. The fourth-order valence-electron chi connectivity index (χ4n) is 0.765. The number of nitrogens with one attached hydrogen (secondary N) is 1. The first-order valence-corrected chi connectivity index (χ1v) is 4.59. The molecule has 0 aromatic carbocycles. The molecule has 62 valence electrons. The summed E-state index contributed by atoms with van der Waals surface area (Å²) >= 11 is 5.90. The summed E-state index contributed by atoms with van der Waals surface area (Å²) in [4.78, 5) is 0. The summed E-state index contributed by atoms with van der Waals surface area (Å²) in [5.41, 5.74) is 0. The second-order valence-electron chi connectivity index (χ2n) is 2.54. The summed E-state index contributed by atoms with van der Waals surface area (Å²) in [5, 5.41) is 3.68. The SMILES string of the molecule is CCCNCCC(Cl)CC. The zero-order valence-electron chi connectivity index (χ0n) is 6.99. The highest BCUT2D eigenvalue weighted by Gasteiger charge is 1.98. The summed E-state index contributed by atoms with van der Waals surface area (Å²) in [7, 11) is 0.